The first-order chi connectivity index (χ1) is 7.70. The lowest BCUT2D eigenvalue weighted by molar-refractivity contribution is 0.600. The number of aromatic nitrogens is 1. The van der Waals surface area contributed by atoms with Gasteiger partial charge in [-0.15, -0.1) is 22.7 Å². The molecule has 1 N–H and O–H groups in total. The molecule has 4 heteroatoms. The van der Waals surface area contributed by atoms with Gasteiger partial charge in [0.25, 0.3) is 0 Å². The Morgan fingerprint density at radius 1 is 1.44 bits per heavy atom. The van der Waals surface area contributed by atoms with Crippen LogP contribution in [0.15, 0.2) is 17.5 Å². The summed E-state index contributed by atoms with van der Waals surface area (Å²) >= 11 is 3.61. The number of hydrogen-bond acceptors (Lipinski definition) is 4. The molecule has 2 aromatic heterocycles. The molecule has 0 aliphatic heterocycles. The zero-order valence-electron chi connectivity index (χ0n) is 9.78. The normalized spacial score (nSPS) is 12.9. The molecule has 2 rings (SSSR count). The van der Waals surface area contributed by atoms with Crippen LogP contribution in [0.3, 0.4) is 0 Å². The summed E-state index contributed by atoms with van der Waals surface area (Å²) in [6.45, 7) is 4.21. The largest absolute Gasteiger partial charge is 0.312 e. The van der Waals surface area contributed by atoms with Crippen molar-refractivity contribution in [2.75, 3.05) is 7.05 Å². The Morgan fingerprint density at radius 3 is 2.75 bits per heavy atom. The van der Waals surface area contributed by atoms with Gasteiger partial charge in [-0.3, -0.25) is 0 Å². The van der Waals surface area contributed by atoms with E-state index < -0.39 is 0 Å². The highest BCUT2D eigenvalue weighted by molar-refractivity contribution is 7.11. The molecule has 2 nitrogen and oxygen atoms in total. The molecule has 0 bridgehead atoms. The lowest BCUT2D eigenvalue weighted by Crippen LogP contribution is -2.17. The number of thiophene rings is 1. The molecule has 2 heterocycles. The van der Waals surface area contributed by atoms with Crippen LogP contribution in [0.25, 0.3) is 0 Å². The molecule has 0 radical (unpaired) electrons. The monoisotopic (exact) mass is 252 g/mol. The zero-order chi connectivity index (χ0) is 11.5. The van der Waals surface area contributed by atoms with Gasteiger partial charge < -0.3 is 5.32 Å². The van der Waals surface area contributed by atoms with Crippen LogP contribution >= 0.6 is 22.7 Å². The predicted molar refractivity (Wildman–Crippen MR) is 71.4 cm³/mol. The average Bonchev–Trinajstić information content (AvgIpc) is 2.86. The van der Waals surface area contributed by atoms with Crippen molar-refractivity contribution in [3.05, 3.63) is 38.0 Å². The summed E-state index contributed by atoms with van der Waals surface area (Å²) < 4.78 is 0. The molecule has 1 atom stereocenters. The van der Waals surface area contributed by atoms with Gasteiger partial charge in [-0.2, -0.15) is 0 Å². The minimum atomic E-state index is 0.393. The molecule has 16 heavy (non-hydrogen) atoms. The van der Waals surface area contributed by atoms with Crippen LogP contribution in [0.1, 0.15) is 26.5 Å². The Kier molecular flexibility index (Phi) is 3.74. The van der Waals surface area contributed by atoms with Crippen molar-refractivity contribution < 1.29 is 0 Å². The molecule has 0 saturated heterocycles. The van der Waals surface area contributed by atoms with E-state index in [1.807, 2.05) is 18.4 Å². The van der Waals surface area contributed by atoms with Gasteiger partial charge in [0.2, 0.25) is 0 Å². The van der Waals surface area contributed by atoms with Gasteiger partial charge in [0.15, 0.2) is 0 Å². The third-order valence-electron chi connectivity index (χ3n) is 2.69. The van der Waals surface area contributed by atoms with E-state index in [-0.39, 0.29) is 0 Å². The Bertz CT molecular complexity index is 426. The third kappa shape index (κ3) is 2.51. The summed E-state index contributed by atoms with van der Waals surface area (Å²) in [5, 5.41) is 6.71. The predicted octanol–water partition coefficient (Wildman–Crippen LogP) is 3.32. The SMILES string of the molecule is CNC(Cc1nc(C)c(C)s1)c1cccs1. The molecule has 0 aliphatic carbocycles. The van der Waals surface area contributed by atoms with E-state index in [2.05, 4.69) is 41.7 Å². The second-order valence-electron chi connectivity index (χ2n) is 3.81. The lowest BCUT2D eigenvalue weighted by Gasteiger charge is -2.12. The number of rotatable bonds is 4. The van der Waals surface area contributed by atoms with Gasteiger partial charge in [-0.05, 0) is 32.3 Å². The second-order valence-corrected chi connectivity index (χ2v) is 6.08. The Balaban J connectivity index is 2.13. The zero-order valence-corrected chi connectivity index (χ0v) is 11.4. The fraction of sp³-hybridized carbons (Fsp3) is 0.417. The van der Waals surface area contributed by atoms with Gasteiger partial charge >= 0.3 is 0 Å². The first kappa shape index (κ1) is 11.8. The molecule has 2 aromatic rings. The maximum atomic E-state index is 4.59. The minimum absolute atomic E-state index is 0.393. The Hall–Kier alpha value is -0.710. The molecular weight excluding hydrogens is 236 g/mol. The molecule has 0 fully saturated rings. The molecule has 0 amide bonds. The topological polar surface area (TPSA) is 24.9 Å². The van der Waals surface area contributed by atoms with Crippen LogP contribution in [-0.2, 0) is 6.42 Å². The number of nitrogens with one attached hydrogen (secondary N) is 1. The molecule has 0 aliphatic rings. The van der Waals surface area contributed by atoms with E-state index in [4.69, 9.17) is 0 Å². The molecule has 86 valence electrons. The van der Waals surface area contributed by atoms with E-state index in [0.29, 0.717) is 6.04 Å². The highest BCUT2D eigenvalue weighted by atomic mass is 32.1. The quantitative estimate of drug-likeness (QED) is 0.903. The van der Waals surface area contributed by atoms with Gasteiger partial charge in [0, 0.05) is 22.2 Å². The minimum Gasteiger partial charge on any atom is -0.312 e. The summed E-state index contributed by atoms with van der Waals surface area (Å²) in [5.74, 6) is 0. The van der Waals surface area contributed by atoms with Crippen molar-refractivity contribution in [3.8, 4) is 0 Å². The first-order valence-corrected chi connectivity index (χ1v) is 7.04. The highest BCUT2D eigenvalue weighted by Crippen LogP contribution is 2.25. The van der Waals surface area contributed by atoms with E-state index in [9.17, 15) is 0 Å². The molecular formula is C12H16N2S2. The van der Waals surface area contributed by atoms with Crippen molar-refractivity contribution in [2.45, 2.75) is 26.3 Å². The summed E-state index contributed by atoms with van der Waals surface area (Å²) in [6.07, 6.45) is 0.982. The smallest absolute Gasteiger partial charge is 0.0950 e. The standard InChI is InChI=1S/C12H16N2S2/c1-8-9(2)16-12(14-8)7-10(13-3)11-5-4-6-15-11/h4-6,10,13H,7H2,1-3H3. The van der Waals surface area contributed by atoms with Crippen LogP contribution in [0.5, 0.6) is 0 Å². The summed E-state index contributed by atoms with van der Waals surface area (Å²) in [5.41, 5.74) is 1.17. The van der Waals surface area contributed by atoms with Crippen molar-refractivity contribution in [3.63, 3.8) is 0 Å². The van der Waals surface area contributed by atoms with Gasteiger partial charge in [-0.1, -0.05) is 6.07 Å². The van der Waals surface area contributed by atoms with Gasteiger partial charge in [0.05, 0.1) is 10.7 Å². The third-order valence-corrected chi connectivity index (χ3v) is 4.77. The fourth-order valence-electron chi connectivity index (χ4n) is 1.64. The molecule has 0 saturated carbocycles. The number of aryl methyl sites for hydroxylation is 2. The van der Waals surface area contributed by atoms with Crippen molar-refractivity contribution in [1.82, 2.24) is 10.3 Å². The maximum absolute atomic E-state index is 4.59. The van der Waals surface area contributed by atoms with E-state index >= 15 is 0 Å². The summed E-state index contributed by atoms with van der Waals surface area (Å²) in [6, 6.07) is 4.67. The number of nitrogens with zero attached hydrogens (tertiary/aromatic N) is 1. The van der Waals surface area contributed by atoms with Gasteiger partial charge in [0.1, 0.15) is 0 Å². The number of thiazole rings is 1. The van der Waals surface area contributed by atoms with Crippen molar-refractivity contribution >= 4 is 22.7 Å². The Morgan fingerprint density at radius 2 is 2.25 bits per heavy atom. The second kappa shape index (κ2) is 5.08. The van der Waals surface area contributed by atoms with E-state index in [1.165, 1.54) is 20.5 Å². The van der Waals surface area contributed by atoms with E-state index in [1.54, 1.807) is 11.3 Å². The average molecular weight is 252 g/mol. The first-order valence-electron chi connectivity index (χ1n) is 5.34. The van der Waals surface area contributed by atoms with Crippen LogP contribution < -0.4 is 5.32 Å². The Labute approximate surface area is 104 Å². The molecule has 1 unspecified atom stereocenters. The van der Waals surface area contributed by atoms with Crippen LogP contribution in [0.4, 0.5) is 0 Å². The van der Waals surface area contributed by atoms with E-state index in [0.717, 1.165) is 6.42 Å². The van der Waals surface area contributed by atoms with Crippen LogP contribution in [0, 0.1) is 13.8 Å². The van der Waals surface area contributed by atoms with Crippen molar-refractivity contribution in [1.29, 1.82) is 0 Å². The van der Waals surface area contributed by atoms with Gasteiger partial charge in [-0.25, -0.2) is 4.98 Å². The lowest BCUT2D eigenvalue weighted by atomic mass is 10.2. The summed E-state index contributed by atoms with van der Waals surface area (Å²) in [7, 11) is 2.01. The number of likely N-dealkylation sites (N-methyl/N-ethyl adjacent to an activating group) is 1. The highest BCUT2D eigenvalue weighted by Gasteiger charge is 2.13. The van der Waals surface area contributed by atoms with Crippen LogP contribution in [0.2, 0.25) is 0 Å². The molecule has 0 spiro atoms. The maximum Gasteiger partial charge on any atom is 0.0950 e. The number of hydrogen-bond donors (Lipinski definition) is 1. The fourth-order valence-corrected chi connectivity index (χ4v) is 3.45. The summed E-state index contributed by atoms with van der Waals surface area (Å²) in [4.78, 5) is 7.30. The molecule has 0 aromatic carbocycles. The van der Waals surface area contributed by atoms with Crippen molar-refractivity contribution in [2.24, 2.45) is 0 Å². The van der Waals surface area contributed by atoms with Crippen LogP contribution in [-0.4, -0.2) is 12.0 Å².